The second-order valence-electron chi connectivity index (χ2n) is 7.24. The average Bonchev–Trinajstić information content (AvgIpc) is 3.42. The summed E-state index contributed by atoms with van der Waals surface area (Å²) in [5.41, 5.74) is 3.09. The van der Waals surface area contributed by atoms with Crippen LogP contribution < -0.4 is 5.32 Å². The molecule has 1 amide bonds. The highest BCUT2D eigenvalue weighted by Gasteiger charge is 2.22. The summed E-state index contributed by atoms with van der Waals surface area (Å²) in [5.74, 6) is 1.07. The first-order valence-electron chi connectivity index (χ1n) is 9.68. The molecule has 1 unspecified atom stereocenters. The van der Waals surface area contributed by atoms with Crippen molar-refractivity contribution >= 4 is 34.7 Å². The Morgan fingerprint density at radius 3 is 2.83 bits per heavy atom. The molecule has 1 N–H and O–H groups in total. The number of ether oxygens (including phenoxy) is 1. The van der Waals surface area contributed by atoms with Gasteiger partial charge in [0.15, 0.2) is 11.0 Å². The molecule has 0 saturated carbocycles. The second-order valence-corrected chi connectivity index (χ2v) is 9.13. The molecule has 4 rings (SSSR count). The molecule has 3 heterocycles. The Labute approximate surface area is 178 Å². The van der Waals surface area contributed by atoms with Crippen molar-refractivity contribution in [3.63, 3.8) is 0 Å². The van der Waals surface area contributed by atoms with Crippen molar-refractivity contribution in [2.75, 3.05) is 17.7 Å². The number of hydrogen-bond donors (Lipinski definition) is 1. The number of benzene rings is 1. The number of thioether (sulfide) groups is 1. The molecule has 1 aliphatic rings. The van der Waals surface area contributed by atoms with Gasteiger partial charge in [0.1, 0.15) is 0 Å². The minimum atomic E-state index is -0.0515. The number of thiophene rings is 1. The van der Waals surface area contributed by atoms with Crippen molar-refractivity contribution in [2.45, 2.75) is 44.5 Å². The van der Waals surface area contributed by atoms with E-state index in [1.165, 1.54) is 11.8 Å². The zero-order valence-electron chi connectivity index (χ0n) is 16.6. The second kappa shape index (κ2) is 9.11. The number of nitrogens with one attached hydrogen (secondary N) is 1. The summed E-state index contributed by atoms with van der Waals surface area (Å²) >= 11 is 3.05. The molecule has 8 heteroatoms. The maximum absolute atomic E-state index is 12.5. The fourth-order valence-corrected chi connectivity index (χ4v) is 4.98. The normalized spacial score (nSPS) is 16.3. The van der Waals surface area contributed by atoms with Gasteiger partial charge in [-0.2, -0.15) is 0 Å². The highest BCUT2D eigenvalue weighted by molar-refractivity contribution is 7.99. The SMILES string of the molecule is Cc1cc(C)cc(NC(=O)CSc2nnc(-c3cccs3)n2CC2CCCO2)c1. The van der Waals surface area contributed by atoms with Crippen LogP contribution in [-0.2, 0) is 16.1 Å². The third kappa shape index (κ3) is 5.07. The molecule has 29 heavy (non-hydrogen) atoms. The molecule has 152 valence electrons. The maximum atomic E-state index is 12.5. The molecule has 1 aromatic carbocycles. The van der Waals surface area contributed by atoms with Gasteiger partial charge in [-0.15, -0.1) is 21.5 Å². The summed E-state index contributed by atoms with van der Waals surface area (Å²) in [5, 5.41) is 14.5. The van der Waals surface area contributed by atoms with E-state index in [-0.39, 0.29) is 17.8 Å². The fraction of sp³-hybridized carbons (Fsp3) is 0.381. The predicted octanol–water partition coefficient (Wildman–Crippen LogP) is 4.53. The molecule has 1 fully saturated rings. The summed E-state index contributed by atoms with van der Waals surface area (Å²) in [6.45, 7) is 5.57. The number of aromatic nitrogens is 3. The smallest absolute Gasteiger partial charge is 0.234 e. The first-order valence-corrected chi connectivity index (χ1v) is 11.5. The third-order valence-electron chi connectivity index (χ3n) is 4.71. The topological polar surface area (TPSA) is 69.0 Å². The number of anilines is 1. The number of rotatable bonds is 7. The molecule has 1 saturated heterocycles. The van der Waals surface area contributed by atoms with E-state index in [0.29, 0.717) is 6.54 Å². The van der Waals surface area contributed by atoms with Gasteiger partial charge in [-0.05, 0) is 61.4 Å². The van der Waals surface area contributed by atoms with Gasteiger partial charge in [0.25, 0.3) is 0 Å². The van der Waals surface area contributed by atoms with Gasteiger partial charge in [-0.3, -0.25) is 9.36 Å². The van der Waals surface area contributed by atoms with E-state index < -0.39 is 0 Å². The Kier molecular flexibility index (Phi) is 6.32. The van der Waals surface area contributed by atoms with Crippen LogP contribution in [0.15, 0.2) is 40.9 Å². The standard InChI is InChI=1S/C21H24N4O2S2/c1-14-9-15(2)11-16(10-14)22-19(26)13-29-21-24-23-20(18-6-4-8-28-18)25(21)12-17-5-3-7-27-17/h4,6,8-11,17H,3,5,7,12-13H2,1-2H3,(H,22,26). The van der Waals surface area contributed by atoms with Gasteiger partial charge in [-0.25, -0.2) is 0 Å². The zero-order chi connectivity index (χ0) is 20.2. The monoisotopic (exact) mass is 428 g/mol. The lowest BCUT2D eigenvalue weighted by Crippen LogP contribution is -2.18. The maximum Gasteiger partial charge on any atom is 0.234 e. The summed E-state index contributed by atoms with van der Waals surface area (Å²) in [6.07, 6.45) is 2.30. The molecule has 0 spiro atoms. The molecular weight excluding hydrogens is 404 g/mol. The van der Waals surface area contributed by atoms with Gasteiger partial charge < -0.3 is 10.1 Å². The number of aryl methyl sites for hydroxylation is 2. The van der Waals surface area contributed by atoms with Gasteiger partial charge in [-0.1, -0.05) is 23.9 Å². The Morgan fingerprint density at radius 2 is 2.14 bits per heavy atom. The van der Waals surface area contributed by atoms with E-state index in [1.807, 2.05) is 43.5 Å². The van der Waals surface area contributed by atoms with Gasteiger partial charge >= 0.3 is 0 Å². The van der Waals surface area contributed by atoms with Crippen molar-refractivity contribution in [2.24, 2.45) is 0 Å². The lowest BCUT2D eigenvalue weighted by molar-refractivity contribution is -0.113. The summed E-state index contributed by atoms with van der Waals surface area (Å²) in [7, 11) is 0. The highest BCUT2D eigenvalue weighted by Crippen LogP contribution is 2.29. The van der Waals surface area contributed by atoms with Crippen molar-refractivity contribution in [1.29, 1.82) is 0 Å². The van der Waals surface area contributed by atoms with Crippen LogP contribution in [0.3, 0.4) is 0 Å². The summed E-state index contributed by atoms with van der Waals surface area (Å²) < 4.78 is 7.91. The van der Waals surface area contributed by atoms with Crippen LogP contribution in [-0.4, -0.2) is 39.1 Å². The van der Waals surface area contributed by atoms with Crippen LogP contribution in [0.4, 0.5) is 5.69 Å². The first kappa shape index (κ1) is 20.1. The largest absolute Gasteiger partial charge is 0.376 e. The van der Waals surface area contributed by atoms with Gasteiger partial charge in [0, 0.05) is 12.3 Å². The number of nitrogens with zero attached hydrogens (tertiary/aromatic N) is 3. The fourth-order valence-electron chi connectivity index (χ4n) is 3.51. The van der Waals surface area contributed by atoms with Crippen LogP contribution in [0.2, 0.25) is 0 Å². The number of carbonyl (C=O) groups is 1. The number of carbonyl (C=O) groups excluding carboxylic acids is 1. The van der Waals surface area contributed by atoms with Crippen LogP contribution in [0.25, 0.3) is 10.7 Å². The van der Waals surface area contributed by atoms with E-state index in [1.54, 1.807) is 11.3 Å². The molecule has 0 aliphatic carbocycles. The zero-order valence-corrected chi connectivity index (χ0v) is 18.2. The first-order chi connectivity index (χ1) is 14.1. The number of hydrogen-bond acceptors (Lipinski definition) is 6. The molecule has 1 atom stereocenters. The van der Waals surface area contributed by atoms with E-state index in [4.69, 9.17) is 4.74 Å². The van der Waals surface area contributed by atoms with E-state index in [2.05, 4.69) is 26.1 Å². The predicted molar refractivity (Wildman–Crippen MR) is 118 cm³/mol. The average molecular weight is 429 g/mol. The Bertz CT molecular complexity index is 958. The van der Waals surface area contributed by atoms with Gasteiger partial charge in [0.2, 0.25) is 5.91 Å². The molecule has 2 aromatic heterocycles. The molecule has 1 aliphatic heterocycles. The Morgan fingerprint density at radius 1 is 1.31 bits per heavy atom. The van der Waals surface area contributed by atoms with Crippen molar-refractivity contribution in [3.8, 4) is 10.7 Å². The number of amides is 1. The van der Waals surface area contributed by atoms with Crippen LogP contribution in [0.1, 0.15) is 24.0 Å². The van der Waals surface area contributed by atoms with Crippen LogP contribution in [0.5, 0.6) is 0 Å². The summed E-state index contributed by atoms with van der Waals surface area (Å²) in [4.78, 5) is 13.6. The van der Waals surface area contributed by atoms with Crippen molar-refractivity contribution < 1.29 is 9.53 Å². The molecule has 0 radical (unpaired) electrons. The summed E-state index contributed by atoms with van der Waals surface area (Å²) in [6, 6.07) is 10.1. The third-order valence-corrected chi connectivity index (χ3v) is 6.54. The Hall–Kier alpha value is -2.16. The van der Waals surface area contributed by atoms with Crippen LogP contribution in [0, 0.1) is 13.8 Å². The van der Waals surface area contributed by atoms with E-state index in [0.717, 1.165) is 52.1 Å². The lowest BCUT2D eigenvalue weighted by atomic mass is 10.1. The van der Waals surface area contributed by atoms with E-state index in [9.17, 15) is 4.79 Å². The Balaban J connectivity index is 1.46. The molecule has 0 bridgehead atoms. The highest BCUT2D eigenvalue weighted by atomic mass is 32.2. The quantitative estimate of drug-likeness (QED) is 0.560. The van der Waals surface area contributed by atoms with Crippen molar-refractivity contribution in [1.82, 2.24) is 14.8 Å². The lowest BCUT2D eigenvalue weighted by Gasteiger charge is -2.14. The van der Waals surface area contributed by atoms with E-state index >= 15 is 0 Å². The van der Waals surface area contributed by atoms with Crippen molar-refractivity contribution in [3.05, 3.63) is 46.8 Å². The minimum Gasteiger partial charge on any atom is -0.376 e. The molecule has 6 nitrogen and oxygen atoms in total. The molecular formula is C21H24N4O2S2. The van der Waals surface area contributed by atoms with Crippen LogP contribution >= 0.6 is 23.1 Å². The van der Waals surface area contributed by atoms with Gasteiger partial charge in [0.05, 0.1) is 23.3 Å². The molecule has 3 aromatic rings. The minimum absolute atomic E-state index is 0.0515.